The van der Waals surface area contributed by atoms with Crippen molar-refractivity contribution in [2.75, 3.05) is 13.1 Å². The van der Waals surface area contributed by atoms with E-state index >= 15 is 0 Å². The molecule has 1 aliphatic rings. The van der Waals surface area contributed by atoms with Gasteiger partial charge in [-0.2, -0.15) is 0 Å². The smallest absolute Gasteiger partial charge is 0.324 e. The SMILES string of the molecule is CCN(CC)C(C)C(=O)NC(=O)NC1CCc2ccccc21.O=[N+]([O-])c1cc([N+](=O)[O-])c(O)c([N+](=O)[O-])c1. The highest BCUT2D eigenvalue weighted by atomic mass is 16.6. The number of non-ortho nitro benzene ring substituents is 1. The van der Waals surface area contributed by atoms with Gasteiger partial charge in [-0.05, 0) is 44.0 Å². The Kier molecular flexibility index (Phi) is 10.2. The van der Waals surface area contributed by atoms with Crippen LogP contribution in [0.3, 0.4) is 0 Å². The first-order chi connectivity index (χ1) is 17.9. The molecule has 2 unspecified atom stereocenters. The quantitative estimate of drug-likeness (QED) is 0.333. The number of benzene rings is 2. The molecule has 204 valence electrons. The third-order valence-electron chi connectivity index (χ3n) is 6.07. The van der Waals surface area contributed by atoms with Gasteiger partial charge in [0.25, 0.3) is 11.4 Å². The molecule has 3 rings (SSSR count). The van der Waals surface area contributed by atoms with Crippen LogP contribution in [0.4, 0.5) is 21.9 Å². The van der Waals surface area contributed by atoms with Gasteiger partial charge in [-0.25, -0.2) is 4.79 Å². The zero-order chi connectivity index (χ0) is 28.6. The summed E-state index contributed by atoms with van der Waals surface area (Å²) in [6.07, 6.45) is 1.84. The Morgan fingerprint density at radius 2 is 1.58 bits per heavy atom. The molecule has 3 N–H and O–H groups in total. The maximum Gasteiger partial charge on any atom is 0.324 e. The number of fused-ring (bicyclic) bond motifs is 1. The number of carbonyl (C=O) groups is 2. The summed E-state index contributed by atoms with van der Waals surface area (Å²) >= 11 is 0. The monoisotopic (exact) mass is 532 g/mol. The van der Waals surface area contributed by atoms with Crippen LogP contribution in [0, 0.1) is 30.3 Å². The molecule has 38 heavy (non-hydrogen) atoms. The molecular weight excluding hydrogens is 504 g/mol. The van der Waals surface area contributed by atoms with Gasteiger partial charge >= 0.3 is 17.4 Å². The number of hydrogen-bond acceptors (Lipinski definition) is 10. The van der Waals surface area contributed by atoms with E-state index in [0.717, 1.165) is 31.5 Å². The van der Waals surface area contributed by atoms with Gasteiger partial charge in [0.1, 0.15) is 0 Å². The molecule has 0 aromatic heterocycles. The maximum absolute atomic E-state index is 12.1. The molecule has 0 bridgehead atoms. The Hall–Kier alpha value is -4.66. The molecule has 0 saturated heterocycles. The van der Waals surface area contributed by atoms with Crippen LogP contribution in [-0.2, 0) is 11.2 Å². The molecule has 0 aliphatic heterocycles. The molecule has 0 saturated carbocycles. The zero-order valence-corrected chi connectivity index (χ0v) is 20.9. The second kappa shape index (κ2) is 13.0. The molecule has 0 radical (unpaired) electrons. The largest absolute Gasteiger partial charge is 0.497 e. The number of aromatic hydroxyl groups is 1. The molecule has 15 heteroatoms. The summed E-state index contributed by atoms with van der Waals surface area (Å²) in [4.78, 5) is 54.0. The van der Waals surface area contributed by atoms with Crippen molar-refractivity contribution < 1.29 is 29.5 Å². The van der Waals surface area contributed by atoms with Crippen molar-refractivity contribution in [1.29, 1.82) is 0 Å². The number of imide groups is 1. The normalized spacial score (nSPS) is 14.5. The van der Waals surface area contributed by atoms with Gasteiger partial charge in [-0.1, -0.05) is 38.1 Å². The second-order valence-corrected chi connectivity index (χ2v) is 8.25. The Morgan fingerprint density at radius 3 is 2.08 bits per heavy atom. The molecule has 15 nitrogen and oxygen atoms in total. The standard InChI is InChI=1S/C17H25N3O2.C6H3N3O7/c1-4-20(5-2)12(3)16(21)19-17(22)18-15-11-10-13-8-6-7-9-14(13)15;10-6-4(8(13)14)1-3(7(11)12)2-5(6)9(15)16/h6-9,12,15H,4-5,10-11H2,1-3H3,(H2,18,19,21,22);1-2,10H. The maximum atomic E-state index is 12.1. The zero-order valence-electron chi connectivity index (χ0n) is 20.9. The first-order valence-corrected chi connectivity index (χ1v) is 11.6. The molecule has 2 aromatic carbocycles. The number of amides is 3. The van der Waals surface area contributed by atoms with E-state index in [4.69, 9.17) is 5.11 Å². The second-order valence-electron chi connectivity index (χ2n) is 8.25. The third-order valence-corrected chi connectivity index (χ3v) is 6.07. The van der Waals surface area contributed by atoms with Gasteiger partial charge < -0.3 is 10.4 Å². The number of nitrogens with zero attached hydrogens (tertiary/aromatic N) is 4. The van der Waals surface area contributed by atoms with Gasteiger partial charge in [-0.15, -0.1) is 0 Å². The van der Waals surface area contributed by atoms with Gasteiger partial charge in [0, 0.05) is 0 Å². The molecule has 2 atom stereocenters. The van der Waals surface area contributed by atoms with Gasteiger partial charge in [0.15, 0.2) is 0 Å². The van der Waals surface area contributed by atoms with E-state index < -0.39 is 43.6 Å². The number of carbonyl (C=O) groups excluding carboxylic acids is 2. The first-order valence-electron chi connectivity index (χ1n) is 11.6. The van der Waals surface area contributed by atoms with Crippen molar-refractivity contribution >= 4 is 29.0 Å². The molecule has 2 aromatic rings. The van der Waals surface area contributed by atoms with Crippen LogP contribution < -0.4 is 10.6 Å². The summed E-state index contributed by atoms with van der Waals surface area (Å²) in [5.74, 6) is -1.46. The number of nitro groups is 3. The number of likely N-dealkylation sites (N-methyl/N-ethyl adjacent to an activating group) is 1. The lowest BCUT2D eigenvalue weighted by molar-refractivity contribution is -0.404. The minimum atomic E-state index is -1.21. The predicted octanol–water partition coefficient (Wildman–Crippen LogP) is 3.35. The molecule has 3 amide bonds. The lowest BCUT2D eigenvalue weighted by Crippen LogP contribution is -2.49. The summed E-state index contributed by atoms with van der Waals surface area (Å²) in [7, 11) is 0. The van der Waals surface area contributed by atoms with E-state index in [1.165, 1.54) is 5.56 Å². The average Bonchev–Trinajstić information content (AvgIpc) is 3.27. The Morgan fingerprint density at radius 1 is 1.03 bits per heavy atom. The number of rotatable bonds is 8. The lowest BCUT2D eigenvalue weighted by atomic mass is 10.1. The summed E-state index contributed by atoms with van der Waals surface area (Å²) in [5.41, 5.74) is -0.574. The van der Waals surface area contributed by atoms with Crippen molar-refractivity contribution in [3.8, 4) is 5.75 Å². The Balaban J connectivity index is 0.000000281. The van der Waals surface area contributed by atoms with E-state index in [1.807, 2.05) is 43.9 Å². The summed E-state index contributed by atoms with van der Waals surface area (Å²) in [6.45, 7) is 7.39. The number of urea groups is 1. The van der Waals surface area contributed by atoms with Crippen LogP contribution in [0.25, 0.3) is 0 Å². The average molecular weight is 533 g/mol. The minimum Gasteiger partial charge on any atom is -0.497 e. The molecular formula is C23H28N6O9. The fraction of sp³-hybridized carbons (Fsp3) is 0.391. The van der Waals surface area contributed by atoms with Crippen LogP contribution in [0.5, 0.6) is 5.75 Å². The highest BCUT2D eigenvalue weighted by Crippen LogP contribution is 2.39. The first kappa shape index (κ1) is 29.6. The van der Waals surface area contributed by atoms with E-state index in [1.54, 1.807) is 0 Å². The Bertz CT molecular complexity index is 1200. The van der Waals surface area contributed by atoms with Crippen molar-refractivity contribution in [3.63, 3.8) is 0 Å². The van der Waals surface area contributed by atoms with E-state index in [0.29, 0.717) is 12.1 Å². The number of hydrogen-bond donors (Lipinski definition) is 3. The van der Waals surface area contributed by atoms with Crippen LogP contribution in [-0.4, -0.2) is 55.8 Å². The topological polar surface area (TPSA) is 211 Å². The fourth-order valence-electron chi connectivity index (χ4n) is 4.03. The van der Waals surface area contributed by atoms with Crippen molar-refractivity contribution in [2.45, 2.75) is 45.7 Å². The highest BCUT2D eigenvalue weighted by molar-refractivity contribution is 5.97. The molecule has 0 heterocycles. The number of phenols is 1. The number of phenolic OH excluding ortho intramolecular Hbond substituents is 1. The van der Waals surface area contributed by atoms with Crippen LogP contribution >= 0.6 is 0 Å². The van der Waals surface area contributed by atoms with Crippen molar-refractivity contribution in [2.24, 2.45) is 0 Å². The van der Waals surface area contributed by atoms with E-state index in [9.17, 15) is 39.9 Å². The van der Waals surface area contributed by atoms with E-state index in [-0.39, 0.29) is 18.0 Å². The van der Waals surface area contributed by atoms with Gasteiger partial charge in [0.2, 0.25) is 5.91 Å². The summed E-state index contributed by atoms with van der Waals surface area (Å²) in [5, 5.41) is 45.6. The van der Waals surface area contributed by atoms with Gasteiger partial charge in [0.05, 0.1) is 39.0 Å². The summed E-state index contributed by atoms with van der Waals surface area (Å²) in [6, 6.07) is 8.27. The van der Waals surface area contributed by atoms with Crippen LogP contribution in [0.2, 0.25) is 0 Å². The van der Waals surface area contributed by atoms with Crippen LogP contribution in [0.15, 0.2) is 36.4 Å². The number of nitrogens with one attached hydrogen (secondary N) is 2. The molecule has 0 fully saturated rings. The molecule has 0 spiro atoms. The predicted molar refractivity (Wildman–Crippen MR) is 135 cm³/mol. The number of nitro benzene ring substituents is 3. The van der Waals surface area contributed by atoms with E-state index in [2.05, 4.69) is 16.7 Å². The van der Waals surface area contributed by atoms with Crippen LogP contribution in [0.1, 0.15) is 44.4 Å². The molecule has 1 aliphatic carbocycles. The number of aryl methyl sites for hydroxylation is 1. The van der Waals surface area contributed by atoms with Gasteiger partial charge in [-0.3, -0.25) is 45.4 Å². The Labute approximate surface area is 216 Å². The van der Waals surface area contributed by atoms with Crippen molar-refractivity contribution in [1.82, 2.24) is 15.5 Å². The minimum absolute atomic E-state index is 0.00670. The lowest BCUT2D eigenvalue weighted by Gasteiger charge is -2.25. The summed E-state index contributed by atoms with van der Waals surface area (Å²) < 4.78 is 0. The highest BCUT2D eigenvalue weighted by Gasteiger charge is 2.30. The third kappa shape index (κ3) is 7.19. The fourth-order valence-corrected chi connectivity index (χ4v) is 4.03. The van der Waals surface area contributed by atoms with Crippen molar-refractivity contribution in [3.05, 3.63) is 77.9 Å².